The summed E-state index contributed by atoms with van der Waals surface area (Å²) in [5.74, 6) is 0. The van der Waals surface area contributed by atoms with E-state index in [1.54, 1.807) is 24.3 Å². The summed E-state index contributed by atoms with van der Waals surface area (Å²) in [5.41, 5.74) is 4.05. The number of rotatable bonds is 6. The van der Waals surface area contributed by atoms with Crippen molar-refractivity contribution in [1.29, 1.82) is 0 Å². The van der Waals surface area contributed by atoms with Gasteiger partial charge in [0.1, 0.15) is 0 Å². The molecule has 0 aliphatic carbocycles. The summed E-state index contributed by atoms with van der Waals surface area (Å²) in [6, 6.07) is 31.9. The summed E-state index contributed by atoms with van der Waals surface area (Å²) in [7, 11) is 0. The fraction of sp³-hybridized carbons (Fsp3) is 0. The molecule has 8 aromatic carbocycles. The lowest BCUT2D eigenvalue weighted by molar-refractivity contribution is 1.30. The summed E-state index contributed by atoms with van der Waals surface area (Å²) >= 11 is 0. The summed E-state index contributed by atoms with van der Waals surface area (Å²) in [6.45, 7) is 0. The monoisotopic (exact) mass is 584 g/mol. The first-order valence-corrected chi connectivity index (χ1v) is 14.5. The third-order valence-electron chi connectivity index (χ3n) is 7.84. The zero-order valence-corrected chi connectivity index (χ0v) is 24.0. The first-order valence-electron chi connectivity index (χ1n) is 20.0. The lowest BCUT2D eigenvalue weighted by Gasteiger charge is -2.27. The maximum Gasteiger partial charge on any atom is 0.0651 e. The number of hydrogen-bond acceptors (Lipinski definition) is 1. The highest BCUT2D eigenvalue weighted by Gasteiger charge is 2.17. The average molecular weight is 585 g/mol. The normalized spacial score (nSPS) is 14.5. The first-order chi connectivity index (χ1) is 26.9. The fourth-order valence-corrected chi connectivity index (χ4v) is 5.67. The fourth-order valence-electron chi connectivity index (χ4n) is 5.67. The quantitative estimate of drug-likeness (QED) is 0.188. The van der Waals surface area contributed by atoms with Gasteiger partial charge in [0, 0.05) is 16.8 Å². The predicted octanol–water partition coefficient (Wildman–Crippen LogP) is 12.5. The number of hydrogen-bond donors (Lipinski definition) is 0. The van der Waals surface area contributed by atoms with Crippen molar-refractivity contribution >= 4 is 38.6 Å². The molecule has 0 saturated carbocycles. The molecule has 0 unspecified atom stereocenters. The van der Waals surface area contributed by atoms with Gasteiger partial charge in [0.15, 0.2) is 0 Å². The number of anilines is 3. The second-order valence-electron chi connectivity index (χ2n) is 10.6. The van der Waals surface area contributed by atoms with Crippen molar-refractivity contribution < 1.29 is 15.1 Å². The first kappa shape index (κ1) is 17.4. The number of benzene rings is 8. The summed E-state index contributed by atoms with van der Waals surface area (Å²) < 4.78 is 98.7. The highest BCUT2D eigenvalue weighted by molar-refractivity contribution is 6.01. The molecule has 0 heterocycles. The van der Waals surface area contributed by atoms with Crippen molar-refractivity contribution in [3.8, 4) is 33.4 Å². The van der Waals surface area contributed by atoms with E-state index >= 15 is 0 Å². The van der Waals surface area contributed by atoms with Crippen LogP contribution >= 0.6 is 0 Å². The topological polar surface area (TPSA) is 3.24 Å². The molecule has 0 atom stereocenters. The number of nitrogens with zero attached hydrogens (tertiary/aromatic N) is 1. The minimum Gasteiger partial charge on any atom is -0.310 e. The molecule has 0 aliphatic rings. The Hall–Kier alpha value is -5.92. The summed E-state index contributed by atoms with van der Waals surface area (Å²) in [5, 5.41) is 1.01. The molecule has 0 bridgehead atoms. The molecular formula is C44H31N. The minimum atomic E-state index is -0.620. The van der Waals surface area contributed by atoms with Gasteiger partial charge in [0.05, 0.1) is 20.8 Å². The molecule has 0 saturated heterocycles. The molecule has 8 aromatic rings. The van der Waals surface area contributed by atoms with Crippen LogP contribution in [0, 0.1) is 0 Å². The Kier molecular flexibility index (Phi) is 4.50. The Morgan fingerprint density at radius 1 is 0.400 bits per heavy atom. The Balaban J connectivity index is 1.45. The zero-order chi connectivity index (χ0) is 39.6. The summed E-state index contributed by atoms with van der Waals surface area (Å²) in [4.78, 5) is 1.31. The Labute approximate surface area is 279 Å². The van der Waals surface area contributed by atoms with E-state index in [2.05, 4.69) is 0 Å². The van der Waals surface area contributed by atoms with E-state index in [9.17, 15) is 4.11 Å². The largest absolute Gasteiger partial charge is 0.310 e. The summed E-state index contributed by atoms with van der Waals surface area (Å²) in [6.07, 6.45) is 0. The van der Waals surface area contributed by atoms with Crippen LogP contribution in [0.4, 0.5) is 17.1 Å². The van der Waals surface area contributed by atoms with E-state index in [-0.39, 0.29) is 45.5 Å². The smallest absolute Gasteiger partial charge is 0.0651 e. The van der Waals surface area contributed by atoms with E-state index in [0.29, 0.717) is 10.9 Å². The van der Waals surface area contributed by atoms with Crippen LogP contribution in [0.3, 0.4) is 0 Å². The van der Waals surface area contributed by atoms with Crippen LogP contribution in [-0.2, 0) is 0 Å². The van der Waals surface area contributed by atoms with E-state index in [1.165, 1.54) is 4.90 Å². The SMILES string of the molecule is [2H]c1c([2H])c(-c2cccc3ccccc23)c([2H])c(N(c2ccc(-c3cccc(-c4ccccc4)c3)cc2)c2c([2H])c([2H])c([2H])c3c([2H])c([2H])c([2H])c([2H])c23)c1[2H]. The third-order valence-corrected chi connectivity index (χ3v) is 7.84. The molecule has 0 radical (unpaired) electrons. The van der Waals surface area contributed by atoms with E-state index in [4.69, 9.17) is 11.0 Å². The van der Waals surface area contributed by atoms with Crippen LogP contribution in [0.2, 0.25) is 0 Å². The van der Waals surface area contributed by atoms with Gasteiger partial charge in [-0.2, -0.15) is 0 Å². The van der Waals surface area contributed by atoms with Crippen LogP contribution in [0.25, 0.3) is 54.9 Å². The van der Waals surface area contributed by atoms with Crippen molar-refractivity contribution in [2.75, 3.05) is 4.90 Å². The Bertz CT molecular complexity index is 2860. The molecule has 212 valence electrons. The second-order valence-corrected chi connectivity index (χ2v) is 10.6. The minimum absolute atomic E-state index is 0.0538. The van der Waals surface area contributed by atoms with Gasteiger partial charge in [-0.05, 0) is 85.9 Å². The molecular weight excluding hydrogens is 542 g/mol. The zero-order valence-electron chi connectivity index (χ0n) is 35.0. The molecule has 1 heteroatoms. The highest BCUT2D eigenvalue weighted by atomic mass is 15.1. The maximum atomic E-state index is 9.73. The van der Waals surface area contributed by atoms with Gasteiger partial charge < -0.3 is 4.90 Å². The van der Waals surface area contributed by atoms with E-state index < -0.39 is 54.4 Å². The van der Waals surface area contributed by atoms with Crippen LogP contribution < -0.4 is 4.90 Å². The molecule has 0 aromatic heterocycles. The van der Waals surface area contributed by atoms with Gasteiger partial charge in [0.2, 0.25) is 0 Å². The van der Waals surface area contributed by atoms with Crippen LogP contribution in [-0.4, -0.2) is 0 Å². The van der Waals surface area contributed by atoms with Gasteiger partial charge in [-0.3, -0.25) is 0 Å². The van der Waals surface area contributed by atoms with Gasteiger partial charge in [-0.25, -0.2) is 0 Å². The van der Waals surface area contributed by atoms with Crippen LogP contribution in [0.15, 0.2) is 188 Å². The van der Waals surface area contributed by atoms with Gasteiger partial charge in [-0.15, -0.1) is 0 Å². The standard InChI is InChI=1S/C44H31N/c1-2-12-32(13-3-1)36-18-8-19-37(30-36)33-26-28-39(29-27-33)45(44-25-11-17-35-15-5-7-23-43(35)44)40-21-9-20-38(31-40)42-24-10-16-34-14-4-6-22-41(34)42/h1-31H/i5D,7D,9D,11D,15D,17D,20D,21D,23D,25D,31D. The maximum absolute atomic E-state index is 9.73. The Morgan fingerprint density at radius 2 is 1.07 bits per heavy atom. The highest BCUT2D eigenvalue weighted by Crippen LogP contribution is 2.41. The molecule has 0 N–H and O–H groups in total. The second kappa shape index (κ2) is 11.6. The van der Waals surface area contributed by atoms with E-state index in [1.807, 2.05) is 97.1 Å². The van der Waals surface area contributed by atoms with Crippen molar-refractivity contribution in [1.82, 2.24) is 0 Å². The Morgan fingerprint density at radius 3 is 1.93 bits per heavy atom. The van der Waals surface area contributed by atoms with Crippen LogP contribution in [0.5, 0.6) is 0 Å². The van der Waals surface area contributed by atoms with Crippen LogP contribution in [0.1, 0.15) is 15.1 Å². The molecule has 1 nitrogen and oxygen atoms in total. The van der Waals surface area contributed by atoms with Crippen molar-refractivity contribution in [3.05, 3.63) is 188 Å². The van der Waals surface area contributed by atoms with Crippen molar-refractivity contribution in [3.63, 3.8) is 0 Å². The van der Waals surface area contributed by atoms with Gasteiger partial charge in [0.25, 0.3) is 0 Å². The lowest BCUT2D eigenvalue weighted by atomic mass is 9.97. The predicted molar refractivity (Wildman–Crippen MR) is 192 cm³/mol. The molecule has 0 spiro atoms. The lowest BCUT2D eigenvalue weighted by Crippen LogP contribution is -2.10. The third kappa shape index (κ3) is 5.15. The average Bonchev–Trinajstić information content (AvgIpc) is 3.23. The van der Waals surface area contributed by atoms with Gasteiger partial charge in [-0.1, -0.05) is 151 Å². The van der Waals surface area contributed by atoms with E-state index in [0.717, 1.165) is 27.6 Å². The molecule has 8 rings (SSSR count). The molecule has 0 amide bonds. The molecule has 0 aliphatic heterocycles. The van der Waals surface area contributed by atoms with Crippen molar-refractivity contribution in [2.45, 2.75) is 0 Å². The van der Waals surface area contributed by atoms with Gasteiger partial charge >= 0.3 is 0 Å². The molecule has 0 fully saturated rings. The number of fused-ring (bicyclic) bond motifs is 2. The van der Waals surface area contributed by atoms with Crippen molar-refractivity contribution in [2.24, 2.45) is 0 Å². The molecule has 45 heavy (non-hydrogen) atoms.